The summed E-state index contributed by atoms with van der Waals surface area (Å²) in [5.41, 5.74) is 0. The molecule has 0 heterocycles. The van der Waals surface area contributed by atoms with E-state index < -0.39 is 10.8 Å². The standard InChI is InChI=1S/ClHO3.Co.O/c2-1(3)4;;/h2H;;. The van der Waals surface area contributed by atoms with Gasteiger partial charge in [0.1, 0.15) is 0 Å². The maximum absolute atomic E-state index is 8.52. The Morgan fingerprint density at radius 1 is 1.50 bits per heavy atom. The molecule has 0 radical (unpaired) electrons. The molecule has 0 fully saturated rings. The minimum atomic E-state index is -2.60. The van der Waals surface area contributed by atoms with E-state index in [4.69, 9.17) is 17.8 Å². The Bertz CT molecular complexity index is 18.8. The van der Waals surface area contributed by atoms with Gasteiger partial charge in [-0.25, -0.2) is 0 Å². The molecule has 6 heavy (non-hydrogen) atoms. The molecule has 0 aliphatic rings. The second kappa shape index (κ2) is 9.08. The molecule has 0 rings (SSSR count). The fourth-order valence-corrected chi connectivity index (χ4v) is 0. The molecule has 0 spiro atoms. The van der Waals surface area contributed by atoms with Crippen molar-refractivity contribution in [3.63, 3.8) is 0 Å². The van der Waals surface area contributed by atoms with Gasteiger partial charge in [0.2, 0.25) is 0 Å². The quantitative estimate of drug-likeness (QED) is 0.407. The Morgan fingerprint density at radius 2 is 1.50 bits per heavy atom. The Morgan fingerprint density at radius 3 is 1.50 bits per heavy atom. The molecule has 0 saturated carbocycles. The Labute approximate surface area is 45.0 Å². The summed E-state index contributed by atoms with van der Waals surface area (Å²) in [7, 11) is -2.60. The van der Waals surface area contributed by atoms with Crippen LogP contribution in [-0.2, 0) is 19.5 Å². The second-order valence-electron chi connectivity index (χ2n) is 0.201. The summed E-state index contributed by atoms with van der Waals surface area (Å²) in [6.45, 7) is 0. The van der Waals surface area contributed by atoms with E-state index in [1.807, 2.05) is 0 Å². The summed E-state index contributed by atoms with van der Waals surface area (Å²) in [4.78, 5) is 0. The topological polar surface area (TPSA) is 83.4 Å². The van der Waals surface area contributed by atoms with Crippen LogP contribution in [-0.4, -0.2) is 4.66 Å². The molecule has 0 aliphatic carbocycles. The van der Waals surface area contributed by atoms with Gasteiger partial charge in [-0.2, -0.15) is 0 Å². The van der Waals surface area contributed by atoms with Crippen molar-refractivity contribution in [2.24, 2.45) is 0 Å². The summed E-state index contributed by atoms with van der Waals surface area (Å²) >= 11 is 2.31. The van der Waals surface area contributed by atoms with Gasteiger partial charge in [0, 0.05) is 4.66 Å². The van der Waals surface area contributed by atoms with Crippen LogP contribution in [0.5, 0.6) is 0 Å². The molecule has 0 atom stereocenters. The minimum absolute atomic E-state index is 2.31. The molecule has 0 aromatic heterocycles. The van der Waals surface area contributed by atoms with Crippen molar-refractivity contribution in [1.82, 2.24) is 0 Å². The van der Waals surface area contributed by atoms with Gasteiger partial charge >= 0.3 is 19.5 Å². The van der Waals surface area contributed by atoms with E-state index in [2.05, 4.69) is 15.7 Å². The second-order valence-corrected chi connectivity index (χ2v) is 0.603. The van der Waals surface area contributed by atoms with Gasteiger partial charge in [0.25, 0.3) is 10.8 Å². The molecule has 0 unspecified atom stereocenters. The van der Waals surface area contributed by atoms with Crippen LogP contribution >= 0.6 is 0 Å². The first-order chi connectivity index (χ1) is 2.73. The van der Waals surface area contributed by atoms with Gasteiger partial charge in [-0.3, -0.25) is 0 Å². The Kier molecular flexibility index (Phi) is 14.7. The van der Waals surface area contributed by atoms with Gasteiger partial charge in [-0.15, -0.1) is 0 Å². The molecule has 0 aromatic rings. The molecule has 0 saturated heterocycles. The molecule has 1 N–H and O–H groups in total. The summed E-state index contributed by atoms with van der Waals surface area (Å²) < 4.78 is 31.9. The summed E-state index contributed by atoms with van der Waals surface area (Å²) in [5.74, 6) is 0. The first-order valence-electron chi connectivity index (χ1n) is 0.614. The molecule has 0 aromatic carbocycles. The monoisotopic (exact) mass is 159 g/mol. The van der Waals surface area contributed by atoms with E-state index in [1.165, 1.54) is 0 Å². The summed E-state index contributed by atoms with van der Waals surface area (Å²) in [5, 5.41) is 0. The normalized spacial score (nSPS) is 6.83. The van der Waals surface area contributed by atoms with E-state index in [9.17, 15) is 0 Å². The van der Waals surface area contributed by atoms with Crippen LogP contribution in [0.15, 0.2) is 0 Å². The number of rotatable bonds is 0. The van der Waals surface area contributed by atoms with E-state index in [0.29, 0.717) is 0 Å². The van der Waals surface area contributed by atoms with Crippen LogP contribution in [0.2, 0.25) is 0 Å². The molecule has 6 heteroatoms. The van der Waals surface area contributed by atoms with Crippen molar-refractivity contribution < 1.29 is 44.3 Å². The fraction of sp³-hybridized carbons (Fsp3) is 0. The molecule has 4 nitrogen and oxygen atoms in total. The molecular formula is HClCoO4. The average molecular weight is 159 g/mol. The number of hydrogen-bond acceptors (Lipinski definition) is 4. The molecule has 0 amide bonds. The predicted molar refractivity (Wildman–Crippen MR) is 2.91 cm³/mol. The van der Waals surface area contributed by atoms with E-state index in [-0.39, 0.29) is 0 Å². The van der Waals surface area contributed by atoms with Crippen LogP contribution in [0.3, 0.4) is 0 Å². The SMILES string of the molecule is [O-][Cl+2]([O-])O.[O]=[Co]. The first kappa shape index (κ1) is 9.69. The van der Waals surface area contributed by atoms with Crippen molar-refractivity contribution in [2.75, 3.05) is 0 Å². The van der Waals surface area contributed by atoms with Gasteiger partial charge in [-0.05, 0) is 0 Å². The van der Waals surface area contributed by atoms with Crippen LogP contribution in [0, 0.1) is 10.8 Å². The average Bonchev–Trinajstić information content (AvgIpc) is 1.41. The molecule has 0 aliphatic heterocycles. The maximum atomic E-state index is 8.52. The third-order valence-electron chi connectivity index (χ3n) is 0. The van der Waals surface area contributed by atoms with Gasteiger partial charge < -0.3 is 9.32 Å². The zero-order chi connectivity index (χ0) is 5.58. The first-order valence-corrected chi connectivity index (χ1v) is 1.99. The van der Waals surface area contributed by atoms with Crippen molar-refractivity contribution in [3.8, 4) is 0 Å². The summed E-state index contributed by atoms with van der Waals surface area (Å²) in [6, 6.07) is 0. The van der Waals surface area contributed by atoms with Gasteiger partial charge in [0.05, 0.1) is 0 Å². The van der Waals surface area contributed by atoms with E-state index >= 15 is 0 Å². The van der Waals surface area contributed by atoms with Crippen LogP contribution in [0.4, 0.5) is 0 Å². The predicted octanol–water partition coefficient (Wildman–Crippen LogP) is -3.06. The van der Waals surface area contributed by atoms with Crippen LogP contribution in [0.1, 0.15) is 0 Å². The Balaban J connectivity index is 0. The Hall–Kier alpha value is 0.476. The number of hydrogen-bond donors (Lipinski definition) is 1. The third-order valence-corrected chi connectivity index (χ3v) is 0. The van der Waals surface area contributed by atoms with Crippen LogP contribution < -0.4 is 9.32 Å². The van der Waals surface area contributed by atoms with Gasteiger partial charge in [0.15, 0.2) is 0 Å². The molecular weight excluding hydrogens is 158 g/mol. The van der Waals surface area contributed by atoms with Crippen molar-refractivity contribution in [1.29, 1.82) is 0 Å². The molecule has 41 valence electrons. The number of halogens is 1. The summed E-state index contributed by atoms with van der Waals surface area (Å²) in [6.07, 6.45) is 0. The van der Waals surface area contributed by atoms with E-state index in [0.717, 1.165) is 0 Å². The van der Waals surface area contributed by atoms with Crippen molar-refractivity contribution >= 4 is 0 Å². The zero-order valence-electron chi connectivity index (χ0n) is 2.38. The van der Waals surface area contributed by atoms with Crippen molar-refractivity contribution in [2.45, 2.75) is 0 Å². The third kappa shape index (κ3) is 238. The van der Waals surface area contributed by atoms with E-state index in [1.54, 1.807) is 0 Å². The van der Waals surface area contributed by atoms with Crippen LogP contribution in [0.25, 0.3) is 0 Å². The molecule has 0 bridgehead atoms. The zero-order valence-corrected chi connectivity index (χ0v) is 4.18. The van der Waals surface area contributed by atoms with Crippen molar-refractivity contribution in [3.05, 3.63) is 0 Å². The van der Waals surface area contributed by atoms with Gasteiger partial charge in [-0.1, -0.05) is 0 Å². The fourth-order valence-electron chi connectivity index (χ4n) is 0.